The summed E-state index contributed by atoms with van der Waals surface area (Å²) >= 11 is 0. The third kappa shape index (κ3) is 3.14. The zero-order valence-electron chi connectivity index (χ0n) is 13.6. The van der Waals surface area contributed by atoms with E-state index < -0.39 is 0 Å². The monoisotopic (exact) mass is 306 g/mol. The summed E-state index contributed by atoms with van der Waals surface area (Å²) in [5, 5.41) is 0.985. The van der Waals surface area contributed by atoms with Crippen molar-refractivity contribution in [2.45, 2.75) is 32.9 Å². The highest BCUT2D eigenvalue weighted by molar-refractivity contribution is 6.06. The highest BCUT2D eigenvalue weighted by atomic mass is 16.2. The van der Waals surface area contributed by atoms with E-state index in [0.717, 1.165) is 28.5 Å². The van der Waals surface area contributed by atoms with Crippen LogP contribution in [-0.2, 0) is 6.54 Å². The largest absolute Gasteiger partial charge is 0.361 e. The van der Waals surface area contributed by atoms with Gasteiger partial charge < -0.3 is 9.88 Å². The van der Waals surface area contributed by atoms with E-state index in [4.69, 9.17) is 0 Å². The summed E-state index contributed by atoms with van der Waals surface area (Å²) in [6, 6.07) is 18.2. The summed E-state index contributed by atoms with van der Waals surface area (Å²) in [6.45, 7) is 4.86. The van der Waals surface area contributed by atoms with Crippen LogP contribution < -0.4 is 0 Å². The minimum atomic E-state index is 0.0911. The van der Waals surface area contributed by atoms with Crippen molar-refractivity contribution in [3.63, 3.8) is 0 Å². The molecule has 118 valence electrons. The van der Waals surface area contributed by atoms with Crippen molar-refractivity contribution >= 4 is 16.8 Å². The number of hydrogen-bond acceptors (Lipinski definition) is 1. The topological polar surface area (TPSA) is 36.1 Å². The van der Waals surface area contributed by atoms with Gasteiger partial charge in [-0.25, -0.2) is 0 Å². The lowest BCUT2D eigenvalue weighted by molar-refractivity contribution is 0.0673. The van der Waals surface area contributed by atoms with Gasteiger partial charge in [0, 0.05) is 35.2 Å². The molecule has 0 spiro atoms. The highest BCUT2D eigenvalue weighted by Gasteiger charge is 2.22. The van der Waals surface area contributed by atoms with Crippen LogP contribution in [0.4, 0.5) is 0 Å². The lowest BCUT2D eigenvalue weighted by Gasteiger charge is -2.29. The molecule has 0 aliphatic heterocycles. The molecular weight excluding hydrogens is 284 g/mol. The summed E-state index contributed by atoms with van der Waals surface area (Å²) in [4.78, 5) is 18.3. The lowest BCUT2D eigenvalue weighted by Crippen LogP contribution is -2.37. The number of carbonyl (C=O) groups excluding carboxylic acids is 1. The second kappa shape index (κ2) is 6.69. The normalized spacial score (nSPS) is 12.3. The van der Waals surface area contributed by atoms with E-state index in [-0.39, 0.29) is 11.9 Å². The van der Waals surface area contributed by atoms with E-state index in [1.165, 1.54) is 0 Å². The smallest absolute Gasteiger partial charge is 0.255 e. The third-order valence-electron chi connectivity index (χ3n) is 4.40. The van der Waals surface area contributed by atoms with Crippen molar-refractivity contribution in [1.82, 2.24) is 9.88 Å². The second-order valence-corrected chi connectivity index (χ2v) is 5.92. The Balaban J connectivity index is 1.96. The molecule has 0 bridgehead atoms. The number of H-pyrrole nitrogens is 1. The molecule has 1 atom stereocenters. The van der Waals surface area contributed by atoms with Gasteiger partial charge in [0.15, 0.2) is 0 Å². The van der Waals surface area contributed by atoms with Crippen LogP contribution in [0.25, 0.3) is 10.9 Å². The molecule has 2 aromatic carbocycles. The standard InChI is InChI=1S/C20H22N2O/c1-3-15(2)22(14-16-8-5-4-6-9-16)20(23)18-10-7-11-19-17(18)12-13-21-19/h4-13,15,21H,3,14H2,1-2H3. The Hall–Kier alpha value is -2.55. The molecule has 3 nitrogen and oxygen atoms in total. The molecule has 0 saturated heterocycles. The van der Waals surface area contributed by atoms with Crippen LogP contribution in [0.3, 0.4) is 0 Å². The first-order valence-corrected chi connectivity index (χ1v) is 8.11. The minimum Gasteiger partial charge on any atom is -0.361 e. The first-order valence-electron chi connectivity index (χ1n) is 8.11. The molecule has 0 radical (unpaired) electrons. The molecule has 0 aliphatic rings. The number of aromatic amines is 1. The maximum absolute atomic E-state index is 13.2. The molecule has 0 fully saturated rings. The Bertz CT molecular complexity index is 792. The summed E-state index contributed by atoms with van der Waals surface area (Å²) in [6.07, 6.45) is 2.81. The van der Waals surface area contributed by atoms with Crippen LogP contribution in [0.15, 0.2) is 60.8 Å². The molecule has 1 aromatic heterocycles. The minimum absolute atomic E-state index is 0.0911. The number of aromatic nitrogens is 1. The van der Waals surface area contributed by atoms with Gasteiger partial charge in [0.05, 0.1) is 0 Å². The quantitative estimate of drug-likeness (QED) is 0.734. The van der Waals surface area contributed by atoms with Gasteiger partial charge in [0.2, 0.25) is 0 Å². The number of fused-ring (bicyclic) bond motifs is 1. The van der Waals surface area contributed by atoms with Crippen LogP contribution in [0, 0.1) is 0 Å². The van der Waals surface area contributed by atoms with Crippen LogP contribution >= 0.6 is 0 Å². The fraction of sp³-hybridized carbons (Fsp3) is 0.250. The summed E-state index contributed by atoms with van der Waals surface area (Å²) < 4.78 is 0. The molecule has 23 heavy (non-hydrogen) atoms. The van der Waals surface area contributed by atoms with Gasteiger partial charge in [-0.2, -0.15) is 0 Å². The Kier molecular flexibility index (Phi) is 4.47. The zero-order chi connectivity index (χ0) is 16.2. The number of nitrogens with zero attached hydrogens (tertiary/aromatic N) is 1. The average Bonchev–Trinajstić information content (AvgIpc) is 3.08. The molecule has 1 N–H and O–H groups in total. The Morgan fingerprint density at radius 1 is 1.09 bits per heavy atom. The highest BCUT2D eigenvalue weighted by Crippen LogP contribution is 2.22. The Morgan fingerprint density at radius 2 is 1.87 bits per heavy atom. The van der Waals surface area contributed by atoms with E-state index in [1.54, 1.807) is 0 Å². The Morgan fingerprint density at radius 3 is 2.61 bits per heavy atom. The van der Waals surface area contributed by atoms with Gasteiger partial charge in [-0.3, -0.25) is 4.79 Å². The van der Waals surface area contributed by atoms with Crippen LogP contribution in [0.5, 0.6) is 0 Å². The zero-order valence-corrected chi connectivity index (χ0v) is 13.6. The lowest BCUT2D eigenvalue weighted by atomic mass is 10.1. The van der Waals surface area contributed by atoms with E-state index in [9.17, 15) is 4.79 Å². The van der Waals surface area contributed by atoms with Crippen molar-refractivity contribution in [1.29, 1.82) is 0 Å². The number of hydrogen-bond donors (Lipinski definition) is 1. The average molecular weight is 306 g/mol. The van der Waals surface area contributed by atoms with Gasteiger partial charge in [-0.05, 0) is 37.1 Å². The van der Waals surface area contributed by atoms with E-state index in [0.29, 0.717) is 6.54 Å². The van der Waals surface area contributed by atoms with Crippen LogP contribution in [0.2, 0.25) is 0 Å². The van der Waals surface area contributed by atoms with E-state index in [1.807, 2.05) is 53.6 Å². The SMILES string of the molecule is CCC(C)N(Cc1ccccc1)C(=O)c1cccc2[nH]ccc12. The van der Waals surface area contributed by atoms with Crippen LogP contribution in [0.1, 0.15) is 36.2 Å². The molecule has 3 aromatic rings. The fourth-order valence-electron chi connectivity index (χ4n) is 2.85. The number of nitrogens with one attached hydrogen (secondary N) is 1. The van der Waals surface area contributed by atoms with Gasteiger partial charge in [-0.15, -0.1) is 0 Å². The van der Waals surface area contributed by atoms with Gasteiger partial charge in [0.25, 0.3) is 5.91 Å². The van der Waals surface area contributed by atoms with Crippen molar-refractivity contribution in [2.75, 3.05) is 0 Å². The molecule has 1 heterocycles. The van der Waals surface area contributed by atoms with Crippen LogP contribution in [-0.4, -0.2) is 21.8 Å². The fourth-order valence-corrected chi connectivity index (χ4v) is 2.85. The predicted octanol–water partition coefficient (Wildman–Crippen LogP) is 4.61. The molecule has 1 amide bonds. The van der Waals surface area contributed by atoms with Gasteiger partial charge >= 0.3 is 0 Å². The molecule has 0 aliphatic carbocycles. The summed E-state index contributed by atoms with van der Waals surface area (Å²) in [5.74, 6) is 0.0911. The molecular formula is C20H22N2O. The first kappa shape index (κ1) is 15.3. The third-order valence-corrected chi connectivity index (χ3v) is 4.40. The van der Waals surface area contributed by atoms with Crippen molar-refractivity contribution in [3.05, 3.63) is 71.9 Å². The predicted molar refractivity (Wildman–Crippen MR) is 94.4 cm³/mol. The Labute approximate surface area is 136 Å². The molecule has 3 rings (SSSR count). The van der Waals surface area contributed by atoms with Gasteiger partial charge in [-0.1, -0.05) is 43.3 Å². The number of carbonyl (C=O) groups is 1. The number of rotatable bonds is 5. The number of amides is 1. The molecule has 1 unspecified atom stereocenters. The van der Waals surface area contributed by atoms with E-state index in [2.05, 4.69) is 31.0 Å². The van der Waals surface area contributed by atoms with Crippen molar-refractivity contribution < 1.29 is 4.79 Å². The van der Waals surface area contributed by atoms with E-state index >= 15 is 0 Å². The van der Waals surface area contributed by atoms with Crippen molar-refractivity contribution in [3.8, 4) is 0 Å². The maximum atomic E-state index is 13.2. The first-order chi connectivity index (χ1) is 11.2. The summed E-state index contributed by atoms with van der Waals surface area (Å²) in [7, 11) is 0. The molecule has 3 heteroatoms. The number of benzene rings is 2. The van der Waals surface area contributed by atoms with Gasteiger partial charge in [0.1, 0.15) is 0 Å². The summed E-state index contributed by atoms with van der Waals surface area (Å²) in [5.41, 5.74) is 2.92. The second-order valence-electron chi connectivity index (χ2n) is 5.92. The van der Waals surface area contributed by atoms with Crippen molar-refractivity contribution in [2.24, 2.45) is 0 Å². The molecule has 0 saturated carbocycles. The maximum Gasteiger partial charge on any atom is 0.255 e.